The fraction of sp³-hybridized carbons (Fsp3) is 0.250. The zero-order valence-corrected chi connectivity index (χ0v) is 6.28. The molecule has 0 aromatic heterocycles. The Morgan fingerprint density at radius 2 is 1.83 bits per heavy atom. The molecule has 3 N–H and O–H groups in total. The molecule has 0 amide bonds. The minimum atomic E-state index is -4.16. The molecule has 2 aliphatic rings. The van der Waals surface area contributed by atoms with Crippen LogP contribution >= 0.6 is 0 Å². The molecule has 0 fully saturated rings. The summed E-state index contributed by atoms with van der Waals surface area (Å²) in [7, 11) is 0. The molecule has 0 spiro atoms. The highest BCUT2D eigenvalue weighted by Crippen LogP contribution is 2.41. The van der Waals surface area contributed by atoms with E-state index in [-0.39, 0.29) is 6.15 Å². The van der Waals surface area contributed by atoms with Crippen molar-refractivity contribution < 1.29 is 13.2 Å². The van der Waals surface area contributed by atoms with Crippen molar-refractivity contribution in [1.29, 1.82) is 0 Å². The Kier molecular flexibility index (Phi) is 1.88. The van der Waals surface area contributed by atoms with E-state index in [4.69, 9.17) is 0 Å². The molecule has 0 unspecified atom stereocenters. The molecule has 66 valence electrons. The molecular weight excluding hydrogens is 167 g/mol. The fourth-order valence-corrected chi connectivity index (χ4v) is 1.37. The summed E-state index contributed by atoms with van der Waals surface area (Å²) in [6, 6.07) is 0. The van der Waals surface area contributed by atoms with Crippen LogP contribution in [0, 0.1) is 0 Å². The number of hydrogen-bond donors (Lipinski definition) is 1. The Labute approximate surface area is 67.8 Å². The Bertz CT molecular complexity index is 294. The van der Waals surface area contributed by atoms with Crippen LogP contribution in [0.3, 0.4) is 0 Å². The van der Waals surface area contributed by atoms with E-state index in [9.17, 15) is 13.2 Å². The molecule has 0 radical (unpaired) electrons. The van der Waals surface area contributed by atoms with Crippen LogP contribution in [0.25, 0.3) is 0 Å². The first-order valence-electron chi connectivity index (χ1n) is 3.26. The molecule has 0 aliphatic heterocycles. The van der Waals surface area contributed by atoms with E-state index in [0.717, 1.165) is 5.57 Å². The first-order chi connectivity index (χ1) is 5.07. The molecule has 0 heterocycles. The average molecular weight is 175 g/mol. The zero-order chi connectivity index (χ0) is 8.06. The summed E-state index contributed by atoms with van der Waals surface area (Å²) >= 11 is 0. The number of hydrogen-bond acceptors (Lipinski definition) is 1. The van der Waals surface area contributed by atoms with Crippen LogP contribution in [0.5, 0.6) is 0 Å². The van der Waals surface area contributed by atoms with Crippen molar-refractivity contribution in [3.05, 3.63) is 34.9 Å². The quantitative estimate of drug-likeness (QED) is 0.603. The highest BCUT2D eigenvalue weighted by atomic mass is 19.4. The fourth-order valence-electron chi connectivity index (χ4n) is 1.37. The smallest absolute Gasteiger partial charge is 0.344 e. The minimum Gasteiger partial charge on any atom is -0.344 e. The third-order valence-electron chi connectivity index (χ3n) is 1.87. The lowest BCUT2D eigenvalue weighted by Crippen LogP contribution is -2.10. The summed E-state index contributed by atoms with van der Waals surface area (Å²) in [5, 5.41) is 0. The molecule has 4 heteroatoms. The van der Waals surface area contributed by atoms with Crippen LogP contribution in [0.2, 0.25) is 0 Å². The van der Waals surface area contributed by atoms with E-state index in [2.05, 4.69) is 0 Å². The van der Waals surface area contributed by atoms with Gasteiger partial charge < -0.3 is 6.15 Å². The van der Waals surface area contributed by atoms with E-state index < -0.39 is 11.7 Å². The molecule has 0 aromatic carbocycles. The first-order valence-corrected chi connectivity index (χ1v) is 3.26. The molecule has 12 heavy (non-hydrogen) atoms. The lowest BCUT2D eigenvalue weighted by molar-refractivity contribution is -0.0885. The van der Waals surface area contributed by atoms with Crippen LogP contribution in [0.1, 0.15) is 6.42 Å². The first kappa shape index (κ1) is 9.06. The van der Waals surface area contributed by atoms with Gasteiger partial charge in [0.1, 0.15) is 0 Å². The average Bonchev–Trinajstić information content (AvgIpc) is 2.42. The SMILES string of the molecule is FC(F)(F)C1=C2C=CC(=C1)C2.N. The maximum Gasteiger partial charge on any atom is 0.416 e. The Balaban J connectivity index is 0.000000720. The molecule has 1 nitrogen and oxygen atoms in total. The van der Waals surface area contributed by atoms with E-state index in [1.54, 1.807) is 6.08 Å². The summed E-state index contributed by atoms with van der Waals surface area (Å²) in [5.41, 5.74) is 0.717. The van der Waals surface area contributed by atoms with Crippen molar-refractivity contribution in [1.82, 2.24) is 6.15 Å². The van der Waals surface area contributed by atoms with Crippen molar-refractivity contribution in [3.8, 4) is 0 Å². The van der Waals surface area contributed by atoms with Crippen LogP contribution in [0.15, 0.2) is 34.9 Å². The summed E-state index contributed by atoms with van der Waals surface area (Å²) in [6.07, 6.45) is 0.786. The van der Waals surface area contributed by atoms with Gasteiger partial charge in [0.2, 0.25) is 0 Å². The number of fused-ring (bicyclic) bond motifs is 2. The maximum absolute atomic E-state index is 12.1. The normalized spacial score (nSPS) is 19.8. The Morgan fingerprint density at radius 1 is 1.17 bits per heavy atom. The van der Waals surface area contributed by atoms with E-state index in [1.807, 2.05) is 0 Å². The Morgan fingerprint density at radius 3 is 2.08 bits per heavy atom. The van der Waals surface area contributed by atoms with Gasteiger partial charge in [0.15, 0.2) is 0 Å². The van der Waals surface area contributed by atoms with Gasteiger partial charge in [-0.25, -0.2) is 0 Å². The number of alkyl halides is 3. The van der Waals surface area contributed by atoms with Gasteiger partial charge in [-0.3, -0.25) is 0 Å². The van der Waals surface area contributed by atoms with Crippen LogP contribution in [-0.4, -0.2) is 6.18 Å². The predicted molar refractivity (Wildman–Crippen MR) is 39.9 cm³/mol. The lowest BCUT2D eigenvalue weighted by Gasteiger charge is -2.07. The standard InChI is InChI=1S/C8H5F3.H3N/c9-8(10,11)7-4-5-1-2-6(7)3-5;/h1-2,4H,3H2;1H3. The van der Waals surface area contributed by atoms with Gasteiger partial charge in [-0.15, -0.1) is 0 Å². The second kappa shape index (κ2) is 2.48. The third-order valence-corrected chi connectivity index (χ3v) is 1.87. The monoisotopic (exact) mass is 175 g/mol. The molecule has 2 bridgehead atoms. The van der Waals surface area contributed by atoms with Crippen molar-refractivity contribution in [2.24, 2.45) is 0 Å². The van der Waals surface area contributed by atoms with Gasteiger partial charge >= 0.3 is 6.18 Å². The van der Waals surface area contributed by atoms with E-state index in [0.29, 0.717) is 12.0 Å². The van der Waals surface area contributed by atoms with Gasteiger partial charge in [-0.2, -0.15) is 13.2 Å². The third kappa shape index (κ3) is 1.18. The second-order valence-corrected chi connectivity index (χ2v) is 2.67. The summed E-state index contributed by atoms with van der Waals surface area (Å²) in [6.45, 7) is 0. The van der Waals surface area contributed by atoms with E-state index in [1.165, 1.54) is 12.2 Å². The molecule has 0 saturated carbocycles. The number of halogens is 3. The minimum absolute atomic E-state index is 0. The van der Waals surface area contributed by atoms with E-state index >= 15 is 0 Å². The molecule has 0 aromatic rings. The molecule has 2 rings (SSSR count). The van der Waals surface area contributed by atoms with Crippen molar-refractivity contribution in [2.45, 2.75) is 12.6 Å². The van der Waals surface area contributed by atoms with Gasteiger partial charge in [0.05, 0.1) is 5.57 Å². The molecule has 0 saturated heterocycles. The predicted octanol–water partition coefficient (Wildman–Crippen LogP) is 2.91. The number of rotatable bonds is 0. The summed E-state index contributed by atoms with van der Waals surface area (Å²) < 4.78 is 36.2. The zero-order valence-electron chi connectivity index (χ0n) is 6.28. The summed E-state index contributed by atoms with van der Waals surface area (Å²) in [4.78, 5) is 0. The molecule has 0 atom stereocenters. The molecule has 2 aliphatic carbocycles. The summed E-state index contributed by atoms with van der Waals surface area (Å²) in [5.74, 6) is 0. The van der Waals surface area contributed by atoms with Gasteiger partial charge in [-0.05, 0) is 23.6 Å². The maximum atomic E-state index is 12.1. The number of allylic oxidation sites excluding steroid dienone is 6. The van der Waals surface area contributed by atoms with Crippen LogP contribution in [-0.2, 0) is 0 Å². The highest BCUT2D eigenvalue weighted by Gasteiger charge is 2.37. The van der Waals surface area contributed by atoms with Crippen molar-refractivity contribution in [3.63, 3.8) is 0 Å². The van der Waals surface area contributed by atoms with Crippen molar-refractivity contribution >= 4 is 0 Å². The topological polar surface area (TPSA) is 35.0 Å². The van der Waals surface area contributed by atoms with Gasteiger partial charge in [0, 0.05) is 0 Å². The Hall–Kier alpha value is -1.03. The lowest BCUT2D eigenvalue weighted by atomic mass is 10.1. The van der Waals surface area contributed by atoms with Gasteiger partial charge in [-0.1, -0.05) is 12.2 Å². The second-order valence-electron chi connectivity index (χ2n) is 2.67. The van der Waals surface area contributed by atoms with Crippen LogP contribution < -0.4 is 6.15 Å². The largest absolute Gasteiger partial charge is 0.416 e. The van der Waals surface area contributed by atoms with Crippen LogP contribution in [0.4, 0.5) is 13.2 Å². The highest BCUT2D eigenvalue weighted by molar-refractivity contribution is 5.56. The van der Waals surface area contributed by atoms with Gasteiger partial charge in [0.25, 0.3) is 0 Å². The molecular formula is C8H8F3N. The van der Waals surface area contributed by atoms with Crippen molar-refractivity contribution in [2.75, 3.05) is 0 Å².